The van der Waals surface area contributed by atoms with E-state index >= 15 is 0 Å². The van der Waals surface area contributed by atoms with Gasteiger partial charge in [0.1, 0.15) is 0 Å². The predicted molar refractivity (Wildman–Crippen MR) is 33.7 cm³/mol. The first-order valence-corrected chi connectivity index (χ1v) is 2.86. The van der Waals surface area contributed by atoms with E-state index in [0.717, 1.165) is 6.92 Å². The number of aliphatic hydroxyl groups is 4. The molecule has 0 saturated carbocycles. The van der Waals surface area contributed by atoms with Crippen molar-refractivity contribution in [2.75, 3.05) is 6.54 Å². The van der Waals surface area contributed by atoms with Gasteiger partial charge in [-0.25, -0.2) is 0 Å². The fraction of sp³-hybridized carbons (Fsp3) is 1.00. The van der Waals surface area contributed by atoms with Crippen LogP contribution in [0.5, 0.6) is 0 Å². The summed E-state index contributed by atoms with van der Waals surface area (Å²) in [6, 6.07) is 0. The van der Waals surface area contributed by atoms with Crippen molar-refractivity contribution in [2.24, 2.45) is 5.73 Å². The van der Waals surface area contributed by atoms with E-state index in [1.165, 1.54) is 0 Å². The molecular weight excluding hydrogens is 138 g/mol. The van der Waals surface area contributed by atoms with Crippen molar-refractivity contribution in [3.63, 3.8) is 0 Å². The minimum Gasteiger partial charge on any atom is -0.366 e. The Morgan fingerprint density at radius 3 is 1.70 bits per heavy atom. The van der Waals surface area contributed by atoms with Gasteiger partial charge in [-0.05, 0) is 6.92 Å². The number of nitrogens with two attached hydrogens (primary N) is 1. The average molecular weight is 151 g/mol. The second kappa shape index (κ2) is 2.81. The summed E-state index contributed by atoms with van der Waals surface area (Å²) in [5.74, 6) is -4.29. The van der Waals surface area contributed by atoms with Crippen molar-refractivity contribution in [2.45, 2.75) is 24.9 Å². The summed E-state index contributed by atoms with van der Waals surface area (Å²) >= 11 is 0. The minimum atomic E-state index is -2.20. The van der Waals surface area contributed by atoms with Crippen LogP contribution in [0.2, 0.25) is 0 Å². The van der Waals surface area contributed by atoms with E-state index in [1.807, 2.05) is 0 Å². The number of hydrogen-bond donors (Lipinski definition) is 5. The van der Waals surface area contributed by atoms with Gasteiger partial charge >= 0.3 is 0 Å². The zero-order valence-electron chi connectivity index (χ0n) is 5.78. The van der Waals surface area contributed by atoms with Crippen LogP contribution in [-0.2, 0) is 0 Å². The quantitative estimate of drug-likeness (QED) is 0.292. The van der Waals surface area contributed by atoms with E-state index in [4.69, 9.17) is 26.2 Å². The van der Waals surface area contributed by atoms with Crippen LogP contribution in [0.1, 0.15) is 13.3 Å². The third kappa shape index (κ3) is 4.66. The van der Waals surface area contributed by atoms with Crippen molar-refractivity contribution in [3.05, 3.63) is 0 Å². The SMILES string of the molecule is CC(O)(O)CC(O)(O)CN. The number of rotatable bonds is 3. The van der Waals surface area contributed by atoms with Gasteiger partial charge in [0.25, 0.3) is 0 Å². The van der Waals surface area contributed by atoms with Crippen molar-refractivity contribution in [1.82, 2.24) is 0 Å². The first-order chi connectivity index (χ1) is 4.27. The molecule has 5 nitrogen and oxygen atoms in total. The summed E-state index contributed by atoms with van der Waals surface area (Å²) in [4.78, 5) is 0. The number of hydrogen-bond acceptors (Lipinski definition) is 5. The highest BCUT2D eigenvalue weighted by atomic mass is 16.5. The topological polar surface area (TPSA) is 107 Å². The summed E-state index contributed by atoms with van der Waals surface area (Å²) < 4.78 is 0. The predicted octanol–water partition coefficient (Wildman–Crippen LogP) is -2.28. The largest absolute Gasteiger partial charge is 0.366 e. The lowest BCUT2D eigenvalue weighted by Crippen LogP contribution is -2.44. The second-order valence-corrected chi connectivity index (χ2v) is 2.58. The summed E-state index contributed by atoms with van der Waals surface area (Å²) in [6.07, 6.45) is -0.587. The summed E-state index contributed by atoms with van der Waals surface area (Å²) in [5, 5.41) is 34.9. The van der Waals surface area contributed by atoms with E-state index in [1.54, 1.807) is 0 Å². The highest BCUT2D eigenvalue weighted by molar-refractivity contribution is 4.71. The van der Waals surface area contributed by atoms with Crippen LogP contribution in [0.15, 0.2) is 0 Å². The van der Waals surface area contributed by atoms with Crippen LogP contribution in [-0.4, -0.2) is 38.5 Å². The Kier molecular flexibility index (Phi) is 2.76. The molecule has 6 N–H and O–H groups in total. The Labute approximate surface area is 58.7 Å². The molecule has 0 saturated heterocycles. The highest BCUT2D eigenvalue weighted by Gasteiger charge is 2.31. The molecule has 0 unspecified atom stereocenters. The van der Waals surface area contributed by atoms with E-state index in [2.05, 4.69) is 0 Å². The smallest absolute Gasteiger partial charge is 0.180 e. The van der Waals surface area contributed by atoms with Crippen molar-refractivity contribution in [3.8, 4) is 0 Å². The van der Waals surface area contributed by atoms with Gasteiger partial charge in [-0.15, -0.1) is 0 Å². The summed E-state index contributed by atoms with van der Waals surface area (Å²) in [6.45, 7) is 0.619. The van der Waals surface area contributed by atoms with Crippen LogP contribution in [0, 0.1) is 0 Å². The minimum absolute atomic E-state index is 0.427. The molecule has 0 fully saturated rings. The molecule has 0 heterocycles. The van der Waals surface area contributed by atoms with Gasteiger partial charge in [-0.1, -0.05) is 0 Å². The lowest BCUT2D eigenvalue weighted by Gasteiger charge is -2.25. The van der Waals surface area contributed by atoms with Crippen molar-refractivity contribution < 1.29 is 20.4 Å². The molecule has 0 aliphatic carbocycles. The van der Waals surface area contributed by atoms with Gasteiger partial charge in [-0.3, -0.25) is 0 Å². The molecule has 0 aromatic heterocycles. The summed E-state index contributed by atoms with van der Waals surface area (Å²) in [7, 11) is 0. The molecule has 5 heteroatoms. The van der Waals surface area contributed by atoms with Gasteiger partial charge in [0.2, 0.25) is 0 Å². The van der Waals surface area contributed by atoms with Gasteiger partial charge in [0, 0.05) is 6.54 Å². The average Bonchev–Trinajstić information content (AvgIpc) is 1.60. The second-order valence-electron chi connectivity index (χ2n) is 2.58. The fourth-order valence-corrected chi connectivity index (χ4v) is 0.609. The van der Waals surface area contributed by atoms with E-state index in [0.29, 0.717) is 0 Å². The third-order valence-electron chi connectivity index (χ3n) is 0.945. The van der Waals surface area contributed by atoms with Crippen LogP contribution in [0.4, 0.5) is 0 Å². The Bertz CT molecular complexity index is 107. The zero-order valence-corrected chi connectivity index (χ0v) is 5.78. The van der Waals surface area contributed by atoms with E-state index < -0.39 is 24.5 Å². The Hall–Kier alpha value is -0.200. The van der Waals surface area contributed by atoms with Gasteiger partial charge in [0.15, 0.2) is 11.6 Å². The molecule has 0 atom stereocenters. The maximum Gasteiger partial charge on any atom is 0.180 e. The van der Waals surface area contributed by atoms with Crippen molar-refractivity contribution in [1.29, 1.82) is 0 Å². The first-order valence-electron chi connectivity index (χ1n) is 2.86. The highest BCUT2D eigenvalue weighted by Crippen LogP contribution is 2.13. The van der Waals surface area contributed by atoms with Crippen LogP contribution in [0.25, 0.3) is 0 Å². The van der Waals surface area contributed by atoms with Crippen molar-refractivity contribution >= 4 is 0 Å². The standard InChI is InChI=1S/C5H13NO4/c1-4(7,8)2-5(9,10)3-6/h7-10H,2-3,6H2,1H3. The first kappa shape index (κ1) is 9.80. The molecule has 10 heavy (non-hydrogen) atoms. The van der Waals surface area contributed by atoms with E-state index in [-0.39, 0.29) is 0 Å². The Morgan fingerprint density at radius 2 is 1.60 bits per heavy atom. The Balaban J connectivity index is 3.89. The van der Waals surface area contributed by atoms with Crippen LogP contribution < -0.4 is 5.73 Å². The molecule has 62 valence electrons. The van der Waals surface area contributed by atoms with Crippen LogP contribution >= 0.6 is 0 Å². The zero-order chi connectivity index (χ0) is 8.41. The lowest BCUT2D eigenvalue weighted by atomic mass is 10.1. The normalized spacial score (nSPS) is 13.8. The Morgan fingerprint density at radius 1 is 1.20 bits per heavy atom. The molecule has 0 rings (SSSR count). The molecule has 0 amide bonds. The molecule has 0 aromatic rings. The van der Waals surface area contributed by atoms with Gasteiger partial charge in [0.05, 0.1) is 6.42 Å². The monoisotopic (exact) mass is 151 g/mol. The van der Waals surface area contributed by atoms with Gasteiger partial charge in [-0.2, -0.15) is 0 Å². The molecular formula is C5H13NO4. The molecule has 0 spiro atoms. The molecule has 0 aromatic carbocycles. The maximum absolute atomic E-state index is 8.77. The maximum atomic E-state index is 8.77. The molecule has 0 aliphatic heterocycles. The molecule has 0 aliphatic rings. The molecule has 0 radical (unpaired) electrons. The van der Waals surface area contributed by atoms with Crippen LogP contribution in [0.3, 0.4) is 0 Å². The van der Waals surface area contributed by atoms with E-state index in [9.17, 15) is 0 Å². The van der Waals surface area contributed by atoms with Gasteiger partial charge < -0.3 is 26.2 Å². The lowest BCUT2D eigenvalue weighted by molar-refractivity contribution is -0.242. The summed E-state index contributed by atoms with van der Waals surface area (Å²) in [5.41, 5.74) is 4.89. The molecule has 0 bridgehead atoms. The fourth-order valence-electron chi connectivity index (χ4n) is 0.609. The third-order valence-corrected chi connectivity index (χ3v) is 0.945.